The van der Waals surface area contributed by atoms with Crippen LogP contribution in [0.25, 0.3) is 33.2 Å². The molecule has 33 heavy (non-hydrogen) atoms. The second-order valence-electron chi connectivity index (χ2n) is 8.24. The minimum atomic E-state index is -3.67. The topological polar surface area (TPSA) is 34.1 Å². The van der Waals surface area contributed by atoms with Crippen molar-refractivity contribution in [3.8, 4) is 0 Å². The molecule has 0 aliphatic carbocycles. The van der Waals surface area contributed by atoms with E-state index in [1.165, 1.54) is 0 Å². The largest absolute Gasteiger partial charge is 0.223 e. The van der Waals surface area contributed by atoms with Crippen molar-refractivity contribution >= 4 is 43.0 Å². The summed E-state index contributed by atoms with van der Waals surface area (Å²) in [6.45, 7) is 1.79. The molecule has 0 aromatic heterocycles. The van der Waals surface area contributed by atoms with Crippen LogP contribution in [0.15, 0.2) is 120 Å². The highest BCUT2D eigenvalue weighted by molar-refractivity contribution is 7.92. The van der Waals surface area contributed by atoms with Gasteiger partial charge in [0.15, 0.2) is 9.84 Å². The molecule has 162 valence electrons. The van der Waals surface area contributed by atoms with Gasteiger partial charge in [-0.2, -0.15) is 0 Å². The number of fused-ring (bicyclic) bond motifs is 2. The predicted octanol–water partition coefficient (Wildman–Crippen LogP) is 7.40. The Morgan fingerprint density at radius 3 is 1.94 bits per heavy atom. The predicted molar refractivity (Wildman–Crippen MR) is 139 cm³/mol. The van der Waals surface area contributed by atoms with E-state index in [2.05, 4.69) is 12.1 Å². The SMILES string of the molecule is CC(C(=Cc1ccccc1)c1ccccc1)S(=O)(=O)c1cccc2cc3ccccc3cc12. The zero-order valence-corrected chi connectivity index (χ0v) is 19.2. The molecule has 3 heteroatoms. The summed E-state index contributed by atoms with van der Waals surface area (Å²) in [4.78, 5) is 0.369. The van der Waals surface area contributed by atoms with Crippen molar-refractivity contribution in [3.63, 3.8) is 0 Å². The van der Waals surface area contributed by atoms with Crippen molar-refractivity contribution in [2.24, 2.45) is 0 Å². The lowest BCUT2D eigenvalue weighted by Crippen LogP contribution is -2.20. The minimum absolute atomic E-state index is 0.369. The van der Waals surface area contributed by atoms with Gasteiger partial charge < -0.3 is 0 Å². The molecule has 5 rings (SSSR count). The van der Waals surface area contributed by atoms with E-state index in [4.69, 9.17) is 0 Å². The number of rotatable bonds is 5. The molecule has 0 spiro atoms. The molecule has 0 radical (unpaired) electrons. The van der Waals surface area contributed by atoms with Crippen molar-refractivity contribution in [3.05, 3.63) is 126 Å². The highest BCUT2D eigenvalue weighted by atomic mass is 32.2. The first-order chi connectivity index (χ1) is 16.0. The van der Waals surface area contributed by atoms with Crippen LogP contribution >= 0.6 is 0 Å². The summed E-state index contributed by atoms with van der Waals surface area (Å²) in [7, 11) is -3.67. The maximum Gasteiger partial charge on any atom is 0.185 e. The van der Waals surface area contributed by atoms with Gasteiger partial charge in [0.25, 0.3) is 0 Å². The van der Waals surface area contributed by atoms with Gasteiger partial charge in [0.1, 0.15) is 0 Å². The Balaban J connectivity index is 1.69. The van der Waals surface area contributed by atoms with E-state index in [1.807, 2.05) is 103 Å². The van der Waals surface area contributed by atoms with Crippen LogP contribution in [0, 0.1) is 0 Å². The van der Waals surface area contributed by atoms with Crippen molar-refractivity contribution in [2.75, 3.05) is 0 Å². The maximum absolute atomic E-state index is 14.0. The first-order valence-corrected chi connectivity index (χ1v) is 12.6. The lowest BCUT2D eigenvalue weighted by Gasteiger charge is -2.19. The number of benzene rings is 5. The Morgan fingerprint density at radius 1 is 0.667 bits per heavy atom. The van der Waals surface area contributed by atoms with Gasteiger partial charge in [0, 0.05) is 5.39 Å². The summed E-state index contributed by atoms with van der Waals surface area (Å²) in [5, 5.41) is 3.09. The van der Waals surface area contributed by atoms with Gasteiger partial charge in [-0.25, -0.2) is 8.42 Å². The van der Waals surface area contributed by atoms with Gasteiger partial charge >= 0.3 is 0 Å². The van der Waals surface area contributed by atoms with Crippen LogP contribution in [0.4, 0.5) is 0 Å². The van der Waals surface area contributed by atoms with E-state index < -0.39 is 15.1 Å². The first-order valence-electron chi connectivity index (χ1n) is 11.0. The normalized spacial score (nSPS) is 13.3. The van der Waals surface area contributed by atoms with E-state index in [-0.39, 0.29) is 0 Å². The molecular weight excluding hydrogens is 424 g/mol. The molecule has 0 bridgehead atoms. The highest BCUT2D eigenvalue weighted by Gasteiger charge is 2.29. The maximum atomic E-state index is 14.0. The van der Waals surface area contributed by atoms with Gasteiger partial charge in [-0.15, -0.1) is 0 Å². The van der Waals surface area contributed by atoms with Crippen molar-refractivity contribution in [1.29, 1.82) is 0 Å². The van der Waals surface area contributed by atoms with E-state index in [1.54, 1.807) is 13.0 Å². The van der Waals surface area contributed by atoms with E-state index in [0.717, 1.165) is 38.2 Å². The van der Waals surface area contributed by atoms with Crippen molar-refractivity contribution in [1.82, 2.24) is 0 Å². The zero-order chi connectivity index (χ0) is 22.8. The van der Waals surface area contributed by atoms with Crippen molar-refractivity contribution in [2.45, 2.75) is 17.1 Å². The molecule has 1 unspecified atom stereocenters. The van der Waals surface area contributed by atoms with Crippen LogP contribution < -0.4 is 0 Å². The zero-order valence-electron chi connectivity index (χ0n) is 18.3. The quantitative estimate of drug-likeness (QED) is 0.207. The third-order valence-electron chi connectivity index (χ3n) is 6.15. The highest BCUT2D eigenvalue weighted by Crippen LogP contribution is 2.34. The number of sulfone groups is 1. The molecule has 1 atom stereocenters. The van der Waals surface area contributed by atoms with Crippen LogP contribution in [0.5, 0.6) is 0 Å². The van der Waals surface area contributed by atoms with E-state index >= 15 is 0 Å². The van der Waals surface area contributed by atoms with Crippen LogP contribution in [0.3, 0.4) is 0 Å². The second-order valence-corrected chi connectivity index (χ2v) is 10.5. The second kappa shape index (κ2) is 8.68. The van der Waals surface area contributed by atoms with Gasteiger partial charge in [-0.1, -0.05) is 97.1 Å². The summed E-state index contributed by atoms with van der Waals surface area (Å²) >= 11 is 0. The summed E-state index contributed by atoms with van der Waals surface area (Å²) in [5.41, 5.74) is 2.66. The smallest absolute Gasteiger partial charge is 0.185 e. The van der Waals surface area contributed by atoms with Crippen LogP contribution in [-0.2, 0) is 9.84 Å². The molecule has 5 aromatic carbocycles. The van der Waals surface area contributed by atoms with Gasteiger partial charge in [0.05, 0.1) is 10.1 Å². The van der Waals surface area contributed by atoms with Crippen LogP contribution in [0.2, 0.25) is 0 Å². The summed E-state index contributed by atoms with van der Waals surface area (Å²) in [5.74, 6) is 0. The third kappa shape index (κ3) is 4.08. The molecule has 0 fully saturated rings. The fourth-order valence-corrected chi connectivity index (χ4v) is 6.01. The molecular formula is C30H24O2S. The summed E-state index contributed by atoms with van der Waals surface area (Å²) in [6, 6.07) is 37.3. The molecule has 0 heterocycles. The Bertz CT molecular complexity index is 1570. The number of hydrogen-bond acceptors (Lipinski definition) is 2. The van der Waals surface area contributed by atoms with Crippen molar-refractivity contribution < 1.29 is 8.42 Å². The van der Waals surface area contributed by atoms with E-state index in [0.29, 0.717) is 4.90 Å². The molecule has 0 aliphatic heterocycles. The number of hydrogen-bond donors (Lipinski definition) is 0. The third-order valence-corrected chi connectivity index (χ3v) is 8.30. The lowest BCUT2D eigenvalue weighted by atomic mass is 10.0. The standard InChI is InChI=1S/C30H24O2S/c1-22(28(24-13-6-3-7-14-24)19-23-11-4-2-5-12-23)33(31,32)30-18-10-17-27-20-25-15-8-9-16-26(25)21-29(27)30/h2-22H,1H3. The molecule has 5 aromatic rings. The molecule has 0 saturated carbocycles. The van der Waals surface area contributed by atoms with E-state index in [9.17, 15) is 8.42 Å². The monoisotopic (exact) mass is 448 g/mol. The fraction of sp³-hybridized carbons (Fsp3) is 0.0667. The van der Waals surface area contributed by atoms with Crippen LogP contribution in [-0.4, -0.2) is 13.7 Å². The summed E-state index contributed by atoms with van der Waals surface area (Å²) in [6.07, 6.45) is 1.98. The summed E-state index contributed by atoms with van der Waals surface area (Å²) < 4.78 is 28.1. The lowest BCUT2D eigenvalue weighted by molar-refractivity contribution is 0.593. The fourth-order valence-electron chi connectivity index (χ4n) is 4.34. The average Bonchev–Trinajstić information content (AvgIpc) is 2.86. The Kier molecular flexibility index (Phi) is 5.57. The molecule has 0 amide bonds. The minimum Gasteiger partial charge on any atom is -0.223 e. The van der Waals surface area contributed by atoms with Gasteiger partial charge in [-0.3, -0.25) is 0 Å². The molecule has 0 saturated heterocycles. The molecule has 2 nitrogen and oxygen atoms in total. The van der Waals surface area contributed by atoms with Gasteiger partial charge in [-0.05, 0) is 64.1 Å². The Hall–Kier alpha value is -3.69. The Morgan fingerprint density at radius 2 is 1.24 bits per heavy atom. The average molecular weight is 449 g/mol. The Labute approximate surface area is 194 Å². The molecule has 0 aliphatic rings. The molecule has 0 N–H and O–H groups in total. The van der Waals surface area contributed by atoms with Crippen LogP contribution in [0.1, 0.15) is 18.1 Å². The first kappa shape index (κ1) is 21.2. The van der Waals surface area contributed by atoms with Gasteiger partial charge in [0.2, 0.25) is 0 Å².